The summed E-state index contributed by atoms with van der Waals surface area (Å²) in [6, 6.07) is -2.71. The van der Waals surface area contributed by atoms with Gasteiger partial charge in [-0.25, -0.2) is 4.79 Å². The lowest BCUT2D eigenvalue weighted by Crippen LogP contribution is -2.49. The predicted octanol–water partition coefficient (Wildman–Crippen LogP) is -7.55. The maximum absolute atomic E-state index is 11.6. The first-order valence-corrected chi connectivity index (χ1v) is 9.34. The number of amides is 6. The van der Waals surface area contributed by atoms with E-state index in [0.29, 0.717) is 0 Å². The normalized spacial score (nSPS) is 11.8. The molecule has 0 aliphatic carbocycles. The summed E-state index contributed by atoms with van der Waals surface area (Å²) in [6.07, 6.45) is 0. The van der Waals surface area contributed by atoms with Gasteiger partial charge in [-0.15, -0.1) is 0 Å². The van der Waals surface area contributed by atoms with Crippen molar-refractivity contribution in [2.45, 2.75) is 12.1 Å². The summed E-state index contributed by atoms with van der Waals surface area (Å²) in [6.45, 7) is -4.10. The number of hydrogen-bond donors (Lipinski definition) is 10. The molecule has 0 saturated heterocycles. The molecule has 0 aliphatic rings. The van der Waals surface area contributed by atoms with E-state index in [1.807, 2.05) is 5.32 Å². The van der Waals surface area contributed by atoms with Gasteiger partial charge in [0.1, 0.15) is 12.1 Å². The van der Waals surface area contributed by atoms with Crippen LogP contribution in [0.25, 0.3) is 0 Å². The van der Waals surface area contributed by atoms with Crippen LogP contribution in [0.5, 0.6) is 0 Å². The number of carboxylic acids is 1. The molecule has 0 aromatic rings. The molecule has 33 heavy (non-hydrogen) atoms. The van der Waals surface area contributed by atoms with Crippen molar-refractivity contribution in [1.82, 2.24) is 31.9 Å². The van der Waals surface area contributed by atoms with E-state index in [1.54, 1.807) is 0 Å². The molecule has 0 unspecified atom stereocenters. The number of nitrogens with one attached hydrogen (secondary N) is 6. The molecule has 0 aliphatic heterocycles. The smallest absolute Gasteiger partial charge is 0.328 e. The Kier molecular flexibility index (Phi) is 14.1. The van der Waals surface area contributed by atoms with Crippen molar-refractivity contribution >= 4 is 41.4 Å². The van der Waals surface area contributed by atoms with E-state index >= 15 is 0 Å². The van der Waals surface area contributed by atoms with Crippen molar-refractivity contribution in [1.29, 1.82) is 0 Å². The Labute approximate surface area is 186 Å². The Hall–Kier alpha value is -3.83. The Morgan fingerprint density at radius 2 is 0.970 bits per heavy atom. The van der Waals surface area contributed by atoms with Crippen LogP contribution >= 0.6 is 0 Å². The lowest BCUT2D eigenvalue weighted by molar-refractivity contribution is -0.142. The molecule has 0 radical (unpaired) electrons. The average Bonchev–Trinajstić information content (AvgIpc) is 2.79. The third kappa shape index (κ3) is 14.0. The van der Waals surface area contributed by atoms with Crippen molar-refractivity contribution < 1.29 is 48.9 Å². The summed E-state index contributed by atoms with van der Waals surface area (Å²) in [5, 5.41) is 38.8. The van der Waals surface area contributed by atoms with Crippen LogP contribution in [0.3, 0.4) is 0 Å². The Morgan fingerprint density at radius 3 is 1.30 bits per heavy atom. The minimum absolute atomic E-state index is 0.482. The highest BCUT2D eigenvalue weighted by molar-refractivity contribution is 5.92. The first-order valence-electron chi connectivity index (χ1n) is 9.34. The SMILES string of the molecule is N[C@@H](CO)C(=O)NCC(=O)NCC(=O)NCC(=O)NCC(=O)NCC(=O)N[C@@H](CO)C(=O)O. The zero-order chi connectivity index (χ0) is 25.4. The van der Waals surface area contributed by atoms with E-state index in [2.05, 4.69) is 26.6 Å². The summed E-state index contributed by atoms with van der Waals surface area (Å²) in [5.74, 6) is -6.09. The standard InChI is InChI=1S/C16H27N7O10/c17-8(6-24)15(31)22-4-13(29)20-2-11(27)18-1-10(26)19-3-12(28)21-5-14(30)23-9(7-25)16(32)33/h8-9,24-25H,1-7,17H2,(H,18,27)(H,19,26)(H,20,29)(H,21,28)(H,22,31)(H,23,30)(H,32,33)/t8-,9-/m0/s1. The largest absolute Gasteiger partial charge is 0.480 e. The quantitative estimate of drug-likeness (QED) is 0.106. The first-order chi connectivity index (χ1) is 15.5. The van der Waals surface area contributed by atoms with E-state index < -0.39 is 99.4 Å². The monoisotopic (exact) mass is 477 g/mol. The molecular formula is C16H27N7O10. The van der Waals surface area contributed by atoms with Gasteiger partial charge in [-0.2, -0.15) is 0 Å². The summed E-state index contributed by atoms with van der Waals surface area (Å²) in [5.41, 5.74) is 5.23. The number of carbonyl (C=O) groups is 7. The number of hydrogen-bond acceptors (Lipinski definition) is 10. The van der Waals surface area contributed by atoms with Crippen LogP contribution in [0.15, 0.2) is 0 Å². The van der Waals surface area contributed by atoms with Crippen LogP contribution in [0, 0.1) is 0 Å². The number of rotatable bonds is 15. The van der Waals surface area contributed by atoms with Gasteiger partial charge < -0.3 is 53.0 Å². The first kappa shape index (κ1) is 29.2. The zero-order valence-corrected chi connectivity index (χ0v) is 17.4. The van der Waals surface area contributed by atoms with E-state index in [0.717, 1.165) is 0 Å². The zero-order valence-electron chi connectivity index (χ0n) is 17.4. The van der Waals surface area contributed by atoms with Gasteiger partial charge in [-0.1, -0.05) is 0 Å². The number of aliphatic carboxylic acids is 1. The molecule has 11 N–H and O–H groups in total. The molecule has 6 amide bonds. The van der Waals surface area contributed by atoms with Gasteiger partial charge in [0, 0.05) is 0 Å². The maximum atomic E-state index is 11.6. The molecular weight excluding hydrogens is 450 g/mol. The van der Waals surface area contributed by atoms with Gasteiger partial charge >= 0.3 is 5.97 Å². The van der Waals surface area contributed by atoms with Crippen LogP contribution < -0.4 is 37.6 Å². The Balaban J connectivity index is 4.01. The average molecular weight is 477 g/mol. The maximum Gasteiger partial charge on any atom is 0.328 e. The van der Waals surface area contributed by atoms with Crippen LogP contribution in [-0.4, -0.2) is 115 Å². The molecule has 186 valence electrons. The Bertz CT molecular complexity index is 745. The molecule has 0 aromatic heterocycles. The van der Waals surface area contributed by atoms with Crippen molar-refractivity contribution in [3.63, 3.8) is 0 Å². The highest BCUT2D eigenvalue weighted by Gasteiger charge is 2.19. The molecule has 17 nitrogen and oxygen atoms in total. The van der Waals surface area contributed by atoms with E-state index in [9.17, 15) is 33.6 Å². The topological polar surface area (TPSA) is 278 Å². The minimum Gasteiger partial charge on any atom is -0.480 e. The van der Waals surface area contributed by atoms with Gasteiger partial charge in [0.25, 0.3) is 0 Å². The summed E-state index contributed by atoms with van der Waals surface area (Å²) < 4.78 is 0. The minimum atomic E-state index is -1.52. The fraction of sp³-hybridized carbons (Fsp3) is 0.562. The van der Waals surface area contributed by atoms with Crippen molar-refractivity contribution in [2.24, 2.45) is 5.73 Å². The van der Waals surface area contributed by atoms with Gasteiger partial charge in [-0.05, 0) is 0 Å². The van der Waals surface area contributed by atoms with E-state index in [1.165, 1.54) is 0 Å². The van der Waals surface area contributed by atoms with Gasteiger partial charge in [0.2, 0.25) is 35.4 Å². The fourth-order valence-corrected chi connectivity index (χ4v) is 1.78. The van der Waals surface area contributed by atoms with Gasteiger partial charge in [0.15, 0.2) is 0 Å². The number of aliphatic hydroxyl groups is 2. The number of aliphatic hydroxyl groups excluding tert-OH is 2. The molecule has 2 atom stereocenters. The lowest BCUT2D eigenvalue weighted by atomic mass is 10.3. The number of carbonyl (C=O) groups excluding carboxylic acids is 6. The number of carboxylic acid groups (broad SMARTS) is 1. The van der Waals surface area contributed by atoms with Gasteiger partial charge in [-0.3, -0.25) is 28.8 Å². The lowest BCUT2D eigenvalue weighted by Gasteiger charge is -2.12. The van der Waals surface area contributed by atoms with Gasteiger partial charge in [0.05, 0.1) is 45.9 Å². The molecule has 0 fully saturated rings. The second kappa shape index (κ2) is 15.9. The van der Waals surface area contributed by atoms with Crippen molar-refractivity contribution in [3.05, 3.63) is 0 Å². The second-order valence-electron chi connectivity index (χ2n) is 6.25. The molecule has 0 aromatic carbocycles. The highest BCUT2D eigenvalue weighted by Crippen LogP contribution is 1.82. The molecule has 17 heteroatoms. The second-order valence-corrected chi connectivity index (χ2v) is 6.25. The summed E-state index contributed by atoms with van der Waals surface area (Å²) in [4.78, 5) is 79.7. The number of nitrogens with two attached hydrogens (primary N) is 1. The van der Waals surface area contributed by atoms with E-state index in [4.69, 9.17) is 21.1 Å². The van der Waals surface area contributed by atoms with Crippen LogP contribution in [0.1, 0.15) is 0 Å². The third-order valence-corrected chi connectivity index (χ3v) is 3.56. The molecule has 0 heterocycles. The summed E-state index contributed by atoms with van der Waals surface area (Å²) >= 11 is 0. The van der Waals surface area contributed by atoms with Crippen LogP contribution in [0.4, 0.5) is 0 Å². The third-order valence-electron chi connectivity index (χ3n) is 3.56. The molecule has 0 spiro atoms. The van der Waals surface area contributed by atoms with Crippen molar-refractivity contribution in [3.8, 4) is 0 Å². The summed E-state index contributed by atoms with van der Waals surface area (Å²) in [7, 11) is 0. The molecule has 0 bridgehead atoms. The fourth-order valence-electron chi connectivity index (χ4n) is 1.78. The van der Waals surface area contributed by atoms with Crippen LogP contribution in [0.2, 0.25) is 0 Å². The predicted molar refractivity (Wildman–Crippen MR) is 107 cm³/mol. The van der Waals surface area contributed by atoms with E-state index in [-0.39, 0.29) is 0 Å². The molecule has 0 saturated carbocycles. The van der Waals surface area contributed by atoms with Crippen molar-refractivity contribution in [2.75, 3.05) is 45.9 Å². The van der Waals surface area contributed by atoms with Crippen LogP contribution in [-0.2, 0) is 33.6 Å². The highest BCUT2D eigenvalue weighted by atomic mass is 16.4. The molecule has 0 rings (SSSR count). The Morgan fingerprint density at radius 1 is 0.606 bits per heavy atom.